The van der Waals surface area contributed by atoms with Gasteiger partial charge < -0.3 is 5.32 Å². The molecule has 1 N–H and O–H groups in total. The summed E-state index contributed by atoms with van der Waals surface area (Å²) in [5.41, 5.74) is -0.397. The topological polar surface area (TPSA) is 12.0 Å². The Balaban J connectivity index is 3.03. The van der Waals surface area contributed by atoms with Crippen molar-refractivity contribution < 1.29 is 22.0 Å². The molecule has 0 saturated heterocycles. The van der Waals surface area contributed by atoms with Gasteiger partial charge in [0, 0.05) is 11.6 Å². The van der Waals surface area contributed by atoms with Crippen LogP contribution in [0.15, 0.2) is 24.3 Å². The zero-order valence-electron chi connectivity index (χ0n) is 9.28. The lowest BCUT2D eigenvalue weighted by atomic mass is 10.0. The molecule has 1 atom stereocenters. The molecule has 0 aliphatic rings. The van der Waals surface area contributed by atoms with Crippen LogP contribution in [-0.2, 0) is 5.92 Å². The third kappa shape index (κ3) is 2.74. The summed E-state index contributed by atoms with van der Waals surface area (Å²) in [5, 5.41) is 2.86. The number of rotatable bonds is 3. The van der Waals surface area contributed by atoms with Crippen LogP contribution in [0.5, 0.6) is 0 Å². The Morgan fingerprint density at radius 1 is 1.00 bits per heavy atom. The second-order valence-corrected chi connectivity index (χ2v) is 3.70. The van der Waals surface area contributed by atoms with Crippen molar-refractivity contribution in [2.75, 3.05) is 7.05 Å². The maximum atomic E-state index is 12.9. The normalized spacial score (nSPS) is 14.8. The molecule has 1 aromatic rings. The van der Waals surface area contributed by atoms with Gasteiger partial charge in [-0.2, -0.15) is 22.0 Å². The molecule has 0 saturated carbocycles. The van der Waals surface area contributed by atoms with Gasteiger partial charge >= 0.3 is 12.1 Å². The molecular formula is C11H12F5N. The number of hydrogen-bond acceptors (Lipinski definition) is 1. The second kappa shape index (κ2) is 4.60. The fourth-order valence-electron chi connectivity index (χ4n) is 1.31. The molecule has 1 aromatic carbocycles. The first-order valence-corrected chi connectivity index (χ1v) is 4.92. The molecule has 1 rings (SSSR count). The van der Waals surface area contributed by atoms with Gasteiger partial charge in [-0.25, -0.2) is 0 Å². The lowest BCUT2D eigenvalue weighted by Crippen LogP contribution is -2.33. The summed E-state index contributed by atoms with van der Waals surface area (Å²) < 4.78 is 62.1. The molecule has 0 aliphatic carbocycles. The molecule has 0 unspecified atom stereocenters. The number of nitrogens with one attached hydrogen (secondary N) is 1. The Labute approximate surface area is 95.6 Å². The van der Waals surface area contributed by atoms with E-state index in [0.717, 1.165) is 12.1 Å². The molecule has 0 amide bonds. The molecule has 96 valence electrons. The van der Waals surface area contributed by atoms with Crippen molar-refractivity contribution in [3.8, 4) is 0 Å². The van der Waals surface area contributed by atoms with Gasteiger partial charge in [0.25, 0.3) is 0 Å². The third-order valence-electron chi connectivity index (χ3n) is 2.56. The van der Waals surface area contributed by atoms with Crippen LogP contribution in [-0.4, -0.2) is 13.2 Å². The first kappa shape index (κ1) is 13.9. The van der Waals surface area contributed by atoms with E-state index in [1.165, 1.54) is 12.1 Å². The zero-order chi connectivity index (χ0) is 13.3. The van der Waals surface area contributed by atoms with Crippen LogP contribution >= 0.6 is 0 Å². The van der Waals surface area contributed by atoms with Crippen molar-refractivity contribution in [2.45, 2.75) is 25.1 Å². The molecule has 0 radical (unpaired) electrons. The highest BCUT2D eigenvalue weighted by molar-refractivity contribution is 5.28. The molecule has 0 heterocycles. The maximum Gasteiger partial charge on any atom is 0.458 e. The van der Waals surface area contributed by atoms with Gasteiger partial charge in [-0.15, -0.1) is 0 Å². The molecular weight excluding hydrogens is 241 g/mol. The molecule has 1 nitrogen and oxygen atoms in total. The van der Waals surface area contributed by atoms with E-state index >= 15 is 0 Å². The van der Waals surface area contributed by atoms with E-state index in [4.69, 9.17) is 0 Å². The number of alkyl halides is 5. The lowest BCUT2D eigenvalue weighted by Gasteiger charge is -2.20. The van der Waals surface area contributed by atoms with Crippen LogP contribution in [0.1, 0.15) is 24.1 Å². The third-order valence-corrected chi connectivity index (χ3v) is 2.56. The predicted octanol–water partition coefficient (Wildman–Crippen LogP) is 3.62. The molecule has 17 heavy (non-hydrogen) atoms. The van der Waals surface area contributed by atoms with Gasteiger partial charge in [0.1, 0.15) is 0 Å². The van der Waals surface area contributed by atoms with E-state index in [-0.39, 0.29) is 6.04 Å². The van der Waals surface area contributed by atoms with E-state index in [9.17, 15) is 22.0 Å². The summed E-state index contributed by atoms with van der Waals surface area (Å²) in [7, 11) is 1.67. The standard InChI is InChI=1S/C11H12F5N/c1-7(17-2)8-3-5-9(6-4-8)10(12,13)11(14,15)16/h3-7,17H,1-2H3/t7-/m1/s1. The SMILES string of the molecule is CN[C@H](C)c1ccc(C(F)(F)C(F)(F)F)cc1. The Kier molecular flexibility index (Phi) is 3.76. The minimum atomic E-state index is -5.57. The zero-order valence-corrected chi connectivity index (χ0v) is 9.28. The van der Waals surface area contributed by atoms with Crippen LogP contribution in [0.3, 0.4) is 0 Å². The first-order chi connectivity index (χ1) is 7.70. The van der Waals surface area contributed by atoms with E-state index in [2.05, 4.69) is 5.32 Å². The quantitative estimate of drug-likeness (QED) is 0.811. The van der Waals surface area contributed by atoms with E-state index in [1.807, 2.05) is 0 Å². The van der Waals surface area contributed by atoms with Gasteiger partial charge in [0.15, 0.2) is 0 Å². The van der Waals surface area contributed by atoms with Crippen molar-refractivity contribution in [3.05, 3.63) is 35.4 Å². The number of hydrogen-bond donors (Lipinski definition) is 1. The fourth-order valence-corrected chi connectivity index (χ4v) is 1.31. The highest BCUT2D eigenvalue weighted by Gasteiger charge is 2.58. The van der Waals surface area contributed by atoms with Crippen molar-refractivity contribution in [1.29, 1.82) is 0 Å². The van der Waals surface area contributed by atoms with Crippen LogP contribution in [0.25, 0.3) is 0 Å². The summed E-state index contributed by atoms with van der Waals surface area (Å²) in [5.74, 6) is -4.81. The summed E-state index contributed by atoms with van der Waals surface area (Å²) in [4.78, 5) is 0. The predicted molar refractivity (Wildman–Crippen MR) is 53.9 cm³/mol. The summed E-state index contributed by atoms with van der Waals surface area (Å²) in [6.07, 6.45) is -5.57. The monoisotopic (exact) mass is 253 g/mol. The minimum Gasteiger partial charge on any atom is -0.313 e. The van der Waals surface area contributed by atoms with Gasteiger partial charge in [0.2, 0.25) is 0 Å². The number of halogens is 5. The molecule has 0 aromatic heterocycles. The Morgan fingerprint density at radius 2 is 1.47 bits per heavy atom. The minimum absolute atomic E-state index is 0.108. The van der Waals surface area contributed by atoms with Crippen LogP contribution in [0.4, 0.5) is 22.0 Å². The van der Waals surface area contributed by atoms with Crippen molar-refractivity contribution >= 4 is 0 Å². The summed E-state index contributed by atoms with van der Waals surface area (Å²) >= 11 is 0. The highest BCUT2D eigenvalue weighted by atomic mass is 19.4. The first-order valence-electron chi connectivity index (χ1n) is 4.92. The lowest BCUT2D eigenvalue weighted by molar-refractivity contribution is -0.289. The largest absolute Gasteiger partial charge is 0.458 e. The van der Waals surface area contributed by atoms with Gasteiger partial charge in [0.05, 0.1) is 0 Å². The second-order valence-electron chi connectivity index (χ2n) is 3.70. The van der Waals surface area contributed by atoms with Crippen LogP contribution in [0.2, 0.25) is 0 Å². The van der Waals surface area contributed by atoms with Crippen LogP contribution < -0.4 is 5.32 Å². The molecule has 0 spiro atoms. The molecule has 6 heteroatoms. The average Bonchev–Trinajstić information content (AvgIpc) is 2.26. The Morgan fingerprint density at radius 3 is 1.82 bits per heavy atom. The van der Waals surface area contributed by atoms with Gasteiger partial charge in [-0.05, 0) is 19.5 Å². The van der Waals surface area contributed by atoms with Crippen molar-refractivity contribution in [3.63, 3.8) is 0 Å². The van der Waals surface area contributed by atoms with E-state index in [1.54, 1.807) is 14.0 Å². The molecule has 0 fully saturated rings. The highest BCUT2D eigenvalue weighted by Crippen LogP contribution is 2.43. The van der Waals surface area contributed by atoms with Crippen LogP contribution in [0, 0.1) is 0 Å². The van der Waals surface area contributed by atoms with Crippen molar-refractivity contribution in [2.24, 2.45) is 0 Å². The smallest absolute Gasteiger partial charge is 0.313 e. The van der Waals surface area contributed by atoms with Crippen molar-refractivity contribution in [1.82, 2.24) is 5.32 Å². The van der Waals surface area contributed by atoms with E-state index < -0.39 is 17.7 Å². The average molecular weight is 253 g/mol. The Bertz CT molecular complexity index is 368. The van der Waals surface area contributed by atoms with E-state index in [0.29, 0.717) is 5.56 Å². The fraction of sp³-hybridized carbons (Fsp3) is 0.455. The maximum absolute atomic E-state index is 12.9. The summed E-state index contributed by atoms with van der Waals surface area (Å²) in [6.45, 7) is 1.77. The molecule has 0 aliphatic heterocycles. The van der Waals surface area contributed by atoms with Gasteiger partial charge in [-0.1, -0.05) is 24.3 Å². The summed E-state index contributed by atoms with van der Waals surface area (Å²) in [6, 6.07) is 4.02. The molecule has 0 bridgehead atoms. The number of benzene rings is 1. The Hall–Kier alpha value is -1.17. The van der Waals surface area contributed by atoms with Gasteiger partial charge in [-0.3, -0.25) is 0 Å².